The maximum absolute atomic E-state index is 16.0. The first-order valence-electron chi connectivity index (χ1n) is 43.7. The van der Waals surface area contributed by atoms with Crippen LogP contribution in [-0.2, 0) is 138 Å². The van der Waals surface area contributed by atoms with Crippen molar-refractivity contribution in [3.05, 3.63) is 0 Å². The minimum Gasteiger partial charge on any atom is -0.410 e. The fourth-order valence-corrected chi connectivity index (χ4v) is 17.8. The molecule has 0 spiro atoms. The molecule has 10 fully saturated rings. The number of amides is 5. The van der Waals surface area contributed by atoms with Crippen LogP contribution in [0.25, 0.3) is 0 Å². The molecule has 10 heterocycles. The molecule has 10 rings (SSSR count). The molecule has 10 aliphatic rings. The molecule has 62 heteroatoms. The second-order valence-corrected chi connectivity index (χ2v) is 34.4. The average Bonchev–Trinajstić information content (AvgIpc) is 0.758. The second-order valence-electron chi connectivity index (χ2n) is 34.4. The van der Waals surface area contributed by atoms with Crippen molar-refractivity contribution >= 4 is 42.5 Å². The Morgan fingerprint density at radius 1 is 0.331 bits per heavy atom. The van der Waals surface area contributed by atoms with Crippen molar-refractivity contribution in [2.45, 2.75) is 366 Å². The zero-order valence-electron chi connectivity index (χ0n) is 74.7. The van der Waals surface area contributed by atoms with E-state index in [9.17, 15) is 166 Å². The summed E-state index contributed by atoms with van der Waals surface area (Å²) in [6, 6.07) is -9.44. The first kappa shape index (κ1) is 115. The molecule has 0 aromatic carbocycles. The van der Waals surface area contributed by atoms with Gasteiger partial charge in [-0.3, -0.25) is 33.6 Å². The van der Waals surface area contributed by atoms with Crippen molar-refractivity contribution in [2.24, 2.45) is 0 Å². The monoisotopic (exact) mass is 2040 g/mol. The van der Waals surface area contributed by atoms with E-state index in [4.69, 9.17) is 104 Å². The third-order valence-electron chi connectivity index (χ3n) is 24.7. The van der Waals surface area contributed by atoms with Crippen LogP contribution in [0.1, 0.15) is 47.5 Å². The number of methoxy groups -OCH3 is 1. The summed E-state index contributed by atoms with van der Waals surface area (Å²) in [6.45, 7) is -8.51. The Bertz CT molecular complexity index is 3890. The van der Waals surface area contributed by atoms with Gasteiger partial charge in [0.1, 0.15) is 220 Å². The van der Waals surface area contributed by atoms with Crippen molar-refractivity contribution in [1.29, 1.82) is 0 Å². The highest BCUT2D eigenvalue weighted by molar-refractivity contribution is 5.75. The predicted octanol–water partition coefficient (Wildman–Crippen LogP) is -21.0. The number of hydrogen-bond donors (Lipinski definition) is 31. The van der Waals surface area contributed by atoms with Gasteiger partial charge in [-0.25, -0.2) is 8.78 Å². The molecule has 60 nitrogen and oxygen atoms in total. The lowest BCUT2D eigenvalue weighted by Gasteiger charge is -2.51. The maximum atomic E-state index is 16.0. The van der Waals surface area contributed by atoms with Crippen LogP contribution in [-0.4, -0.2) is 567 Å². The third-order valence-corrected chi connectivity index (χ3v) is 24.7. The van der Waals surface area contributed by atoms with Gasteiger partial charge in [0.25, 0.3) is 12.9 Å². The topological polar surface area (TPSA) is 909 Å². The zero-order chi connectivity index (χ0) is 103. The van der Waals surface area contributed by atoms with Crippen molar-refractivity contribution in [1.82, 2.24) is 26.6 Å². The summed E-state index contributed by atoms with van der Waals surface area (Å²) in [4.78, 5) is 87.9. The normalized spacial score (nSPS) is 45.9. The smallest absolute Gasteiger partial charge is 0.332 e. The number of carbonyl (C=O) groups is 7. The predicted molar refractivity (Wildman–Crippen MR) is 424 cm³/mol. The molecule has 52 atom stereocenters. The van der Waals surface area contributed by atoms with Crippen LogP contribution in [0.15, 0.2) is 0 Å². The van der Waals surface area contributed by atoms with E-state index in [0.717, 1.165) is 41.7 Å². The number of aliphatic hydroxyl groups is 26. The summed E-state index contributed by atoms with van der Waals surface area (Å²) >= 11 is 0. The highest BCUT2D eigenvalue weighted by atomic mass is 19.1. The molecule has 0 aromatic heterocycles. The SMILES string of the molecule is COC1OC(CO)C(OC2OC(COC3OC(CO)C(O)C(O)C3OC3OC(CO)C(OC4OC(CO)C(O)C(OC5(OC=O)CC(O)C(NC(C)=O)C([C@H](F)C(O)CO)O5)C4O)C(O)C3NC(C)=O)C(O)C(OC3OC(CO)C(O)C(O)C3OC3OC(CO)C(OC4OC(CO)C(O)C(OC5(OC=O)CC(O)C(NC(C)=O)C([C@H](F)C(O)CO)O5)C4O)C(O)C3NC(C)=O)C2O)C(O)C1NC(C)=O. The molecule has 5 amide bonds. The number of alkyl halides is 2. The lowest BCUT2D eigenvalue weighted by Crippen LogP contribution is -2.71. The third kappa shape index (κ3) is 26.1. The fourth-order valence-electron chi connectivity index (χ4n) is 17.8. The van der Waals surface area contributed by atoms with Gasteiger partial charge in [0.15, 0.2) is 62.7 Å². The average molecular weight is 2040 g/mol. The quantitative estimate of drug-likeness (QED) is 0.0199. The second kappa shape index (κ2) is 50.6. The largest absolute Gasteiger partial charge is 0.410 e. The Balaban J connectivity index is 0.935. The number of nitrogens with one attached hydrogen (secondary N) is 5. The molecule has 0 bridgehead atoms. The van der Waals surface area contributed by atoms with E-state index in [1.165, 1.54) is 0 Å². The first-order chi connectivity index (χ1) is 65.8. The molecule has 802 valence electrons. The zero-order valence-corrected chi connectivity index (χ0v) is 74.7. The van der Waals surface area contributed by atoms with Crippen molar-refractivity contribution in [3.63, 3.8) is 0 Å². The molecule has 0 saturated carbocycles. The number of aliphatic hydroxyl groups excluding tert-OH is 26. The van der Waals surface area contributed by atoms with Gasteiger partial charge in [0.05, 0.1) is 103 Å². The van der Waals surface area contributed by atoms with Gasteiger partial charge >= 0.3 is 11.9 Å². The van der Waals surface area contributed by atoms with E-state index >= 15 is 8.78 Å². The molecule has 139 heavy (non-hydrogen) atoms. The lowest BCUT2D eigenvalue weighted by atomic mass is 9.91. The minimum atomic E-state index is -3.14. The molecule has 10 saturated heterocycles. The molecule has 10 aliphatic heterocycles. The molecular formula is C77H125F2N5O55. The number of carbonyl (C=O) groups excluding carboxylic acids is 7. The summed E-state index contributed by atoms with van der Waals surface area (Å²) in [5, 5.41) is 306. The maximum Gasteiger partial charge on any atom is 0.332 e. The van der Waals surface area contributed by atoms with Gasteiger partial charge in [-0.2, -0.15) is 0 Å². The van der Waals surface area contributed by atoms with E-state index in [-0.39, 0.29) is 12.9 Å². The van der Waals surface area contributed by atoms with Crippen molar-refractivity contribution in [3.8, 4) is 0 Å². The molecule has 0 aliphatic carbocycles. The Morgan fingerprint density at radius 2 is 0.604 bits per heavy atom. The van der Waals surface area contributed by atoms with E-state index in [2.05, 4.69) is 26.6 Å². The van der Waals surface area contributed by atoms with Gasteiger partial charge in [-0.1, -0.05) is 0 Å². The Morgan fingerprint density at radius 3 is 0.935 bits per heavy atom. The summed E-state index contributed by atoms with van der Waals surface area (Å²) in [7, 11) is 1.08. The van der Waals surface area contributed by atoms with Gasteiger partial charge in [-0.05, 0) is 0 Å². The molecule has 31 N–H and O–H groups in total. The number of halogens is 2. The van der Waals surface area contributed by atoms with Gasteiger partial charge in [0, 0.05) is 41.7 Å². The van der Waals surface area contributed by atoms with E-state index in [1.807, 2.05) is 0 Å². The summed E-state index contributed by atoms with van der Waals surface area (Å²) < 4.78 is 161. The van der Waals surface area contributed by atoms with E-state index in [0.29, 0.717) is 0 Å². The molecule has 50 unspecified atom stereocenters. The number of hydrogen-bond acceptors (Lipinski definition) is 55. The Hall–Kier alpha value is -5.69. The molecular weight excluding hydrogens is 1910 g/mol. The van der Waals surface area contributed by atoms with Crippen LogP contribution in [0, 0.1) is 0 Å². The summed E-state index contributed by atoms with van der Waals surface area (Å²) in [5.41, 5.74) is 0. The van der Waals surface area contributed by atoms with Gasteiger partial charge in [0.2, 0.25) is 29.5 Å². The summed E-state index contributed by atoms with van der Waals surface area (Å²) in [6.07, 6.45) is -104. The van der Waals surface area contributed by atoms with Gasteiger partial charge in [-0.15, -0.1) is 0 Å². The summed E-state index contributed by atoms with van der Waals surface area (Å²) in [5.74, 6) is -11.0. The number of rotatable bonds is 42. The fraction of sp³-hybridized carbons (Fsp3) is 0.909. The Labute approximate surface area is 785 Å². The number of ether oxygens (including phenoxy) is 22. The van der Waals surface area contributed by atoms with Crippen LogP contribution >= 0.6 is 0 Å². The van der Waals surface area contributed by atoms with Crippen LogP contribution in [0.3, 0.4) is 0 Å². The lowest BCUT2D eigenvalue weighted by molar-refractivity contribution is -0.444. The Kier molecular flexibility index (Phi) is 42.0. The molecule has 0 aromatic rings. The van der Waals surface area contributed by atoms with Crippen molar-refractivity contribution in [2.75, 3.05) is 73.2 Å². The van der Waals surface area contributed by atoms with Crippen LogP contribution in [0.4, 0.5) is 8.78 Å². The highest BCUT2D eigenvalue weighted by Gasteiger charge is 2.65. The van der Waals surface area contributed by atoms with E-state index in [1.54, 1.807) is 0 Å². The van der Waals surface area contributed by atoms with Crippen LogP contribution in [0.2, 0.25) is 0 Å². The van der Waals surface area contributed by atoms with Crippen LogP contribution < -0.4 is 26.6 Å². The minimum absolute atomic E-state index is 0.365. The standard InChI is InChI=1S/C77H125F2N5O55/c1-21(96)80-40-26(101)7-76(120-19-94,136-61(40)38(78)28(103)9-85)138-64-47(107)32(13-89)122-72(56(64)116)131-59-35(16-92)127-69(43(51(59)111)83-24(4)99)134-66-53(113)45(105)30(11-87)124-74(66)119-18-37-49(109)63(55(115)71(129-37)130-58-34(15-91)126-68(118-6)42(50(58)110)82-23(3)98)133-75-67(54(114)46(106)31(12-88)125-75)135-70-44(84-25(5)100)52(112)60(36(17-93)128-70)132-73-57(117)65(48(108)33(14-90)123-73)139-77(121-20-95)8-27(102)41(81-22(2)97)62(137-77)39(79)29(104)10-86/h19-20,26-75,85-93,101-117H,7-18H2,1-6H3,(H,80,96)(H,81,97)(H,82,98)(H,83,99)(H,84,100)/t26?,27?,28?,29?,30?,31?,32?,33?,34?,35?,36?,37?,38-,39-,40?,41?,42?,43?,44?,45?,46?,47?,48?,49?,50?,51?,52?,53?,54?,55?,56?,57?,58?,59?,60?,61?,62?,63?,64?,65?,66?,67?,68?,69?,70?,71?,72?,73?,74?,75?,76?,77?/m1/s1. The van der Waals surface area contributed by atoms with Crippen LogP contribution in [0.5, 0.6) is 0 Å². The first-order valence-corrected chi connectivity index (χ1v) is 43.7. The highest BCUT2D eigenvalue weighted by Crippen LogP contribution is 2.45. The van der Waals surface area contributed by atoms with Crippen molar-refractivity contribution < 1.29 is 279 Å². The van der Waals surface area contributed by atoms with Gasteiger partial charge < -0.3 is 264 Å². The molecule has 0 radical (unpaired) electrons. The van der Waals surface area contributed by atoms with E-state index < -0.39 is 427 Å².